The molecule has 0 aromatic carbocycles. The monoisotopic (exact) mass is 362 g/mol. The fourth-order valence-electron chi connectivity index (χ4n) is 3.90. The van der Waals surface area contributed by atoms with Crippen molar-refractivity contribution in [2.45, 2.75) is 70.4 Å². The third-order valence-electron chi connectivity index (χ3n) is 5.82. The maximum absolute atomic E-state index is 12.7. The molecule has 0 spiro atoms. The highest BCUT2D eigenvalue weighted by atomic mass is 16.5. The van der Waals surface area contributed by atoms with E-state index in [1.807, 2.05) is 13.8 Å². The van der Waals surface area contributed by atoms with Crippen LogP contribution in [-0.4, -0.2) is 35.4 Å². The van der Waals surface area contributed by atoms with Crippen LogP contribution in [0.15, 0.2) is 4.52 Å². The van der Waals surface area contributed by atoms with Crippen molar-refractivity contribution < 1.29 is 14.1 Å². The summed E-state index contributed by atoms with van der Waals surface area (Å²) in [4.78, 5) is 17.3. The van der Waals surface area contributed by atoms with Gasteiger partial charge in [-0.25, -0.2) is 4.79 Å². The normalized spacial score (nSPS) is 22.6. The van der Waals surface area contributed by atoms with Crippen molar-refractivity contribution in [3.8, 4) is 0 Å². The lowest BCUT2D eigenvalue weighted by molar-refractivity contribution is 0.0502. The van der Waals surface area contributed by atoms with Crippen molar-refractivity contribution in [2.24, 2.45) is 17.8 Å². The zero-order valence-electron chi connectivity index (χ0n) is 15.7. The maximum atomic E-state index is 12.7. The van der Waals surface area contributed by atoms with Crippen LogP contribution in [0.1, 0.15) is 76.0 Å². The second-order valence-electron chi connectivity index (χ2n) is 8.39. The van der Waals surface area contributed by atoms with Gasteiger partial charge in [-0.3, -0.25) is 0 Å². The Kier molecular flexibility index (Phi) is 5.16. The van der Waals surface area contributed by atoms with Crippen molar-refractivity contribution >= 4 is 6.03 Å². The van der Waals surface area contributed by atoms with Gasteiger partial charge in [0.2, 0.25) is 5.89 Å². The molecule has 1 atom stereocenters. The van der Waals surface area contributed by atoms with E-state index >= 15 is 0 Å². The van der Waals surface area contributed by atoms with Crippen molar-refractivity contribution in [1.82, 2.24) is 20.8 Å². The Morgan fingerprint density at radius 3 is 2.19 bits per heavy atom. The van der Waals surface area contributed by atoms with Crippen LogP contribution in [0.25, 0.3) is 0 Å². The summed E-state index contributed by atoms with van der Waals surface area (Å²) in [6, 6.07) is -0.0215. The van der Waals surface area contributed by atoms with E-state index in [2.05, 4.69) is 20.8 Å². The molecule has 2 heterocycles. The zero-order chi connectivity index (χ0) is 18.1. The van der Waals surface area contributed by atoms with Gasteiger partial charge in [0.15, 0.2) is 5.82 Å². The highest BCUT2D eigenvalue weighted by molar-refractivity contribution is 5.74. The van der Waals surface area contributed by atoms with Crippen LogP contribution in [0, 0.1) is 17.8 Å². The van der Waals surface area contributed by atoms with Crippen LogP contribution in [0.3, 0.4) is 0 Å². The van der Waals surface area contributed by atoms with Gasteiger partial charge < -0.3 is 19.9 Å². The van der Waals surface area contributed by atoms with Crippen LogP contribution in [-0.2, 0) is 4.74 Å². The Morgan fingerprint density at radius 2 is 1.65 bits per heavy atom. The summed E-state index contributed by atoms with van der Waals surface area (Å²) in [5.74, 6) is 3.01. The zero-order valence-corrected chi connectivity index (χ0v) is 15.7. The summed E-state index contributed by atoms with van der Waals surface area (Å²) in [5.41, 5.74) is 0. The number of nitrogens with one attached hydrogen (secondary N) is 2. The van der Waals surface area contributed by atoms with Crippen LogP contribution >= 0.6 is 0 Å². The molecule has 1 aliphatic heterocycles. The number of hydrogen-bond donors (Lipinski definition) is 2. The van der Waals surface area contributed by atoms with Gasteiger partial charge in [0.05, 0.1) is 0 Å². The minimum Gasteiger partial charge on any atom is -0.381 e. The molecule has 7 nitrogen and oxygen atoms in total. The molecule has 26 heavy (non-hydrogen) atoms. The number of nitrogens with zero attached hydrogens (tertiary/aromatic N) is 2. The molecule has 1 aromatic rings. The Labute approximate surface area is 154 Å². The molecule has 2 saturated carbocycles. The van der Waals surface area contributed by atoms with Crippen molar-refractivity contribution in [1.29, 1.82) is 0 Å². The van der Waals surface area contributed by atoms with E-state index in [1.54, 1.807) is 0 Å². The number of ether oxygens (including phenoxy) is 1. The fraction of sp³-hybridized carbons (Fsp3) is 0.842. The van der Waals surface area contributed by atoms with Gasteiger partial charge in [0.25, 0.3) is 0 Å². The van der Waals surface area contributed by atoms with Crippen LogP contribution in [0.2, 0.25) is 0 Å². The minimum atomic E-state index is -0.252. The van der Waals surface area contributed by atoms with E-state index in [4.69, 9.17) is 9.26 Å². The number of amides is 2. The Bertz CT molecular complexity index is 606. The van der Waals surface area contributed by atoms with Gasteiger partial charge in [-0.05, 0) is 56.3 Å². The van der Waals surface area contributed by atoms with Gasteiger partial charge in [-0.2, -0.15) is 4.98 Å². The summed E-state index contributed by atoms with van der Waals surface area (Å²) >= 11 is 0. The average molecular weight is 362 g/mol. The number of carbonyl (C=O) groups excluding carboxylic acids is 1. The van der Waals surface area contributed by atoms with Crippen molar-refractivity contribution in [3.05, 3.63) is 11.7 Å². The molecule has 0 radical (unpaired) electrons. The molecule has 1 saturated heterocycles. The van der Waals surface area contributed by atoms with E-state index in [1.165, 1.54) is 25.7 Å². The Hall–Kier alpha value is -1.63. The molecule has 3 fully saturated rings. The topological polar surface area (TPSA) is 89.3 Å². The average Bonchev–Trinajstić information content (AvgIpc) is 3.57. The third kappa shape index (κ3) is 4.19. The molecule has 144 valence electrons. The number of hydrogen-bond acceptors (Lipinski definition) is 5. The van der Waals surface area contributed by atoms with Crippen molar-refractivity contribution in [3.63, 3.8) is 0 Å². The molecule has 2 amide bonds. The van der Waals surface area contributed by atoms with Crippen LogP contribution in [0.4, 0.5) is 4.79 Å². The predicted molar refractivity (Wildman–Crippen MR) is 95.6 cm³/mol. The largest absolute Gasteiger partial charge is 0.381 e. The second kappa shape index (κ2) is 7.55. The summed E-state index contributed by atoms with van der Waals surface area (Å²) in [5, 5.41) is 10.5. The minimum absolute atomic E-state index is 0.102. The Morgan fingerprint density at radius 1 is 1.00 bits per heavy atom. The quantitative estimate of drug-likeness (QED) is 0.778. The number of carbonyl (C=O) groups is 1. The molecule has 0 bridgehead atoms. The molecule has 1 aromatic heterocycles. The highest BCUT2D eigenvalue weighted by Gasteiger charge is 2.42. The third-order valence-corrected chi connectivity index (χ3v) is 5.82. The lowest BCUT2D eigenvalue weighted by Crippen LogP contribution is -2.47. The van der Waals surface area contributed by atoms with E-state index in [9.17, 15) is 4.79 Å². The van der Waals surface area contributed by atoms with Gasteiger partial charge in [-0.1, -0.05) is 19.0 Å². The Balaban J connectivity index is 1.45. The van der Waals surface area contributed by atoms with Crippen LogP contribution in [0.5, 0.6) is 0 Å². The van der Waals surface area contributed by atoms with Gasteiger partial charge in [0, 0.05) is 25.2 Å². The van der Waals surface area contributed by atoms with Gasteiger partial charge >= 0.3 is 6.03 Å². The van der Waals surface area contributed by atoms with Crippen LogP contribution < -0.4 is 10.6 Å². The molecular formula is C19H30N4O3. The van der Waals surface area contributed by atoms with E-state index in [0.29, 0.717) is 42.8 Å². The lowest BCUT2D eigenvalue weighted by Gasteiger charge is -2.29. The standard InChI is InChI=1S/C19H30N4O3/c1-11(2)17-22-18(26-23-17)16(14-7-9-25-10-8-14)21-19(24)20-15(12-3-4-12)13-5-6-13/h11-16H,3-10H2,1-2H3,(H2,20,21,24)/t16-/m1/s1. The summed E-state index contributed by atoms with van der Waals surface area (Å²) in [6.07, 6.45) is 6.75. The molecule has 3 aliphatic rings. The summed E-state index contributed by atoms with van der Waals surface area (Å²) < 4.78 is 11.0. The summed E-state index contributed by atoms with van der Waals surface area (Å²) in [6.45, 7) is 5.49. The fourth-order valence-corrected chi connectivity index (χ4v) is 3.90. The molecule has 0 unspecified atom stereocenters. The van der Waals surface area contributed by atoms with Gasteiger partial charge in [0.1, 0.15) is 6.04 Å². The number of rotatable bonds is 7. The first-order valence-electron chi connectivity index (χ1n) is 10.1. The van der Waals surface area contributed by atoms with Crippen molar-refractivity contribution in [2.75, 3.05) is 13.2 Å². The molecule has 4 rings (SSSR count). The van der Waals surface area contributed by atoms with Gasteiger partial charge in [-0.15, -0.1) is 0 Å². The predicted octanol–water partition coefficient (Wildman–Crippen LogP) is 3.15. The lowest BCUT2D eigenvalue weighted by atomic mass is 9.91. The smallest absolute Gasteiger partial charge is 0.315 e. The maximum Gasteiger partial charge on any atom is 0.315 e. The van der Waals surface area contributed by atoms with E-state index < -0.39 is 0 Å². The number of aromatic nitrogens is 2. The first kappa shape index (κ1) is 17.8. The molecule has 2 aliphatic carbocycles. The van der Waals surface area contributed by atoms with E-state index in [0.717, 1.165) is 12.8 Å². The summed E-state index contributed by atoms with van der Waals surface area (Å²) in [7, 11) is 0. The second-order valence-corrected chi connectivity index (χ2v) is 8.39. The first-order chi connectivity index (χ1) is 12.6. The SMILES string of the molecule is CC(C)c1noc([C@H](NC(=O)NC(C2CC2)C2CC2)C2CCOCC2)n1. The number of urea groups is 1. The highest BCUT2D eigenvalue weighted by Crippen LogP contribution is 2.44. The first-order valence-corrected chi connectivity index (χ1v) is 10.1. The molecular weight excluding hydrogens is 332 g/mol. The van der Waals surface area contributed by atoms with E-state index in [-0.39, 0.29) is 23.9 Å². The molecule has 2 N–H and O–H groups in total. The molecule has 7 heteroatoms.